The number of nitrogens with one attached hydrogen (secondary N) is 1. The topological polar surface area (TPSA) is 116 Å². The number of rotatable bonds is 7. The van der Waals surface area contributed by atoms with Crippen molar-refractivity contribution in [3.8, 4) is 5.88 Å². The van der Waals surface area contributed by atoms with E-state index in [0.29, 0.717) is 36.1 Å². The number of methoxy groups -OCH3 is 1. The van der Waals surface area contributed by atoms with Crippen LogP contribution in [0.4, 0.5) is 10.6 Å². The average molecular weight is 536 g/mol. The Hall–Kier alpha value is -3.44. The number of nitrogens with zero attached hydrogens (tertiary/aromatic N) is 4. The lowest BCUT2D eigenvalue weighted by Gasteiger charge is -2.33. The number of aromatic nitrogens is 3. The molecule has 1 amide bonds. The van der Waals surface area contributed by atoms with Gasteiger partial charge in [-0.2, -0.15) is 4.98 Å². The van der Waals surface area contributed by atoms with Gasteiger partial charge in [0.15, 0.2) is 0 Å². The predicted molar refractivity (Wildman–Crippen MR) is 143 cm³/mol. The first-order valence-corrected chi connectivity index (χ1v) is 13.9. The molecule has 0 radical (unpaired) electrons. The van der Waals surface area contributed by atoms with Crippen LogP contribution in [-0.4, -0.2) is 64.0 Å². The van der Waals surface area contributed by atoms with Gasteiger partial charge in [-0.05, 0) is 50.1 Å². The minimum atomic E-state index is -0.374. The molecule has 5 heterocycles. The van der Waals surface area contributed by atoms with Crippen molar-refractivity contribution in [3.05, 3.63) is 52.4 Å². The number of Topliss-reactive ketones (excluding diaryl/α,β-unsaturated/α-hetero) is 1. The number of carbonyl (C=O) groups excluding carboxylic acids is 2. The number of carbonyl (C=O) groups is 2. The summed E-state index contributed by atoms with van der Waals surface area (Å²) in [5.41, 5.74) is 1.28. The Labute approximate surface area is 223 Å². The van der Waals surface area contributed by atoms with Crippen LogP contribution in [0.1, 0.15) is 31.4 Å². The zero-order valence-corrected chi connectivity index (χ0v) is 21.9. The molecule has 10 nitrogen and oxygen atoms in total. The highest BCUT2D eigenvalue weighted by atomic mass is 32.2. The zero-order chi connectivity index (χ0) is 26.2. The predicted octanol–water partition coefficient (Wildman–Crippen LogP) is 2.94. The van der Waals surface area contributed by atoms with Gasteiger partial charge >= 0.3 is 6.09 Å². The number of amides is 1. The third-order valence-electron chi connectivity index (χ3n) is 7.46. The third kappa shape index (κ3) is 4.76. The van der Waals surface area contributed by atoms with Crippen LogP contribution >= 0.6 is 11.8 Å². The number of hydrogen-bond acceptors (Lipinski definition) is 9. The lowest BCUT2D eigenvalue weighted by atomic mass is 9.88. The lowest BCUT2D eigenvalue weighted by molar-refractivity contribution is -0.116. The molecule has 1 saturated carbocycles. The standard InChI is InChI=1S/C27H29N5O5S/c1-36-24-9-3-16-4-10-25(34)31(26(16)30-24)12-2-11-28-17-5-6-20-21(13-17)37-27(35)32(20)23-8-7-22-19(29-23)14-18(33)15-38-22/h3-4,7-10,17,20-21,28H,2,5-6,11-15H2,1H3/t17-,20-,21-/m0/s1. The summed E-state index contributed by atoms with van der Waals surface area (Å²) in [4.78, 5) is 49.0. The molecule has 3 aliphatic rings. The minimum absolute atomic E-state index is 0.0617. The average Bonchev–Trinajstić information content (AvgIpc) is 3.26. The lowest BCUT2D eigenvalue weighted by Crippen LogP contribution is -2.46. The van der Waals surface area contributed by atoms with Crippen LogP contribution in [0.3, 0.4) is 0 Å². The number of ether oxygens (including phenoxy) is 2. The fraction of sp³-hybridized carbons (Fsp3) is 0.444. The molecule has 38 heavy (non-hydrogen) atoms. The molecule has 198 valence electrons. The molecule has 0 spiro atoms. The highest BCUT2D eigenvalue weighted by Gasteiger charge is 2.46. The van der Waals surface area contributed by atoms with Crippen LogP contribution in [0.5, 0.6) is 5.88 Å². The van der Waals surface area contributed by atoms with Gasteiger partial charge in [0.25, 0.3) is 5.56 Å². The van der Waals surface area contributed by atoms with Crippen LogP contribution in [0.15, 0.2) is 46.1 Å². The van der Waals surface area contributed by atoms with Crippen LogP contribution in [0.25, 0.3) is 11.0 Å². The fourth-order valence-electron chi connectivity index (χ4n) is 5.59. The largest absolute Gasteiger partial charge is 0.481 e. The molecule has 2 fully saturated rings. The number of fused-ring (bicyclic) bond motifs is 3. The van der Waals surface area contributed by atoms with Crippen molar-refractivity contribution in [2.45, 2.75) is 61.7 Å². The van der Waals surface area contributed by atoms with Gasteiger partial charge in [0.05, 0.1) is 31.0 Å². The van der Waals surface area contributed by atoms with Gasteiger partial charge in [-0.25, -0.2) is 9.78 Å². The molecule has 6 rings (SSSR count). The van der Waals surface area contributed by atoms with E-state index in [1.54, 1.807) is 34.8 Å². The molecule has 2 aliphatic heterocycles. The van der Waals surface area contributed by atoms with Crippen LogP contribution in [-0.2, 0) is 22.5 Å². The van der Waals surface area contributed by atoms with Gasteiger partial charge in [0, 0.05) is 41.4 Å². The van der Waals surface area contributed by atoms with Gasteiger partial charge in [0.2, 0.25) is 5.88 Å². The monoisotopic (exact) mass is 535 g/mol. The Kier molecular flexibility index (Phi) is 6.79. The summed E-state index contributed by atoms with van der Waals surface area (Å²) in [6, 6.07) is 11.0. The Morgan fingerprint density at radius 1 is 1.11 bits per heavy atom. The summed E-state index contributed by atoms with van der Waals surface area (Å²) >= 11 is 1.50. The van der Waals surface area contributed by atoms with Crippen molar-refractivity contribution < 1.29 is 19.1 Å². The summed E-state index contributed by atoms with van der Waals surface area (Å²) in [6.07, 6.45) is 2.91. The first-order chi connectivity index (χ1) is 18.5. The van der Waals surface area contributed by atoms with Gasteiger partial charge in [-0.3, -0.25) is 19.1 Å². The van der Waals surface area contributed by atoms with Crippen LogP contribution in [0.2, 0.25) is 0 Å². The summed E-state index contributed by atoms with van der Waals surface area (Å²) in [6.45, 7) is 1.26. The maximum atomic E-state index is 12.8. The molecule has 0 unspecified atom stereocenters. The maximum Gasteiger partial charge on any atom is 0.416 e. The van der Waals surface area contributed by atoms with Gasteiger partial charge in [-0.1, -0.05) is 0 Å². The van der Waals surface area contributed by atoms with E-state index in [0.717, 1.165) is 48.2 Å². The normalized spacial score (nSPS) is 22.8. The quantitative estimate of drug-likeness (QED) is 0.456. The second-order valence-electron chi connectivity index (χ2n) is 9.89. The molecule has 1 N–H and O–H groups in total. The SMILES string of the molecule is COc1ccc2ccc(=O)n(CCCN[C@H]3CC[C@H]4[C@H](C3)OC(=O)N4c3ccc4c(n3)CC(=O)CS4)c2n1. The van der Waals surface area contributed by atoms with Gasteiger partial charge in [0.1, 0.15) is 23.4 Å². The van der Waals surface area contributed by atoms with E-state index < -0.39 is 0 Å². The molecule has 0 aromatic carbocycles. The molecule has 1 aliphatic carbocycles. The smallest absolute Gasteiger partial charge is 0.416 e. The van der Waals surface area contributed by atoms with Gasteiger partial charge < -0.3 is 14.8 Å². The number of aryl methyl sites for hydroxylation is 1. The highest BCUT2D eigenvalue weighted by molar-refractivity contribution is 8.00. The second-order valence-corrected chi connectivity index (χ2v) is 10.9. The molecule has 3 atom stereocenters. The number of hydrogen-bond donors (Lipinski definition) is 1. The van der Waals surface area contributed by atoms with Crippen molar-refractivity contribution in [1.82, 2.24) is 19.9 Å². The van der Waals surface area contributed by atoms with Crippen molar-refractivity contribution in [1.29, 1.82) is 0 Å². The van der Waals surface area contributed by atoms with E-state index in [1.807, 2.05) is 18.2 Å². The Morgan fingerprint density at radius 3 is 2.84 bits per heavy atom. The second kappa shape index (κ2) is 10.4. The zero-order valence-electron chi connectivity index (χ0n) is 21.1. The summed E-state index contributed by atoms with van der Waals surface area (Å²) in [5, 5.41) is 4.48. The maximum absolute atomic E-state index is 12.8. The number of thioether (sulfide) groups is 1. The van der Waals surface area contributed by atoms with Crippen LogP contribution < -0.4 is 20.5 Å². The molecule has 1 saturated heterocycles. The Bertz CT molecular complexity index is 1460. The highest BCUT2D eigenvalue weighted by Crippen LogP contribution is 2.36. The molecule has 3 aromatic rings. The molecule has 11 heteroatoms. The third-order valence-corrected chi connectivity index (χ3v) is 8.61. The van der Waals surface area contributed by atoms with E-state index >= 15 is 0 Å². The van der Waals surface area contributed by atoms with E-state index in [4.69, 9.17) is 9.47 Å². The van der Waals surface area contributed by atoms with Crippen molar-refractivity contribution in [3.63, 3.8) is 0 Å². The number of ketones is 1. The van der Waals surface area contributed by atoms with Gasteiger partial charge in [-0.15, -0.1) is 11.8 Å². The summed E-state index contributed by atoms with van der Waals surface area (Å²) < 4.78 is 12.7. The Balaban J connectivity index is 1.06. The van der Waals surface area contributed by atoms with Crippen molar-refractivity contribution in [2.24, 2.45) is 0 Å². The first kappa shape index (κ1) is 24.9. The van der Waals surface area contributed by atoms with E-state index in [1.165, 1.54) is 11.8 Å². The first-order valence-electron chi connectivity index (χ1n) is 12.9. The summed E-state index contributed by atoms with van der Waals surface area (Å²) in [5.74, 6) is 1.67. The fourth-order valence-corrected chi connectivity index (χ4v) is 6.45. The van der Waals surface area contributed by atoms with Crippen molar-refractivity contribution >= 4 is 40.5 Å². The van der Waals surface area contributed by atoms with E-state index in [-0.39, 0.29) is 35.6 Å². The molecule has 0 bridgehead atoms. The molecular weight excluding hydrogens is 506 g/mol. The molecular formula is C27H29N5O5S. The number of pyridine rings is 3. The summed E-state index contributed by atoms with van der Waals surface area (Å²) in [7, 11) is 1.56. The van der Waals surface area contributed by atoms with E-state index in [2.05, 4.69) is 15.3 Å². The van der Waals surface area contributed by atoms with Crippen LogP contribution in [0, 0.1) is 0 Å². The van der Waals surface area contributed by atoms with Crippen molar-refractivity contribution in [2.75, 3.05) is 24.3 Å². The minimum Gasteiger partial charge on any atom is -0.481 e. The van der Waals surface area contributed by atoms with E-state index in [9.17, 15) is 14.4 Å². The number of anilines is 1. The molecule has 3 aromatic heterocycles. The Morgan fingerprint density at radius 2 is 1.97 bits per heavy atom.